The van der Waals surface area contributed by atoms with Crippen LogP contribution in [0.5, 0.6) is 11.5 Å². The highest BCUT2D eigenvalue weighted by molar-refractivity contribution is 5.75. The van der Waals surface area contributed by atoms with Crippen LogP contribution in [0.4, 0.5) is 9.59 Å². The number of likely N-dealkylation sites (tertiary alicyclic amines) is 1. The number of benzene rings is 2. The number of esters is 1. The van der Waals surface area contributed by atoms with Gasteiger partial charge >= 0.3 is 18.2 Å². The van der Waals surface area contributed by atoms with E-state index in [9.17, 15) is 14.4 Å². The third-order valence-electron chi connectivity index (χ3n) is 8.24. The van der Waals surface area contributed by atoms with Crippen LogP contribution in [0.1, 0.15) is 64.0 Å². The van der Waals surface area contributed by atoms with Crippen LogP contribution in [-0.2, 0) is 25.6 Å². The van der Waals surface area contributed by atoms with E-state index in [0.29, 0.717) is 43.7 Å². The fourth-order valence-corrected chi connectivity index (χ4v) is 5.91. The maximum Gasteiger partial charge on any atom is 0.410 e. The van der Waals surface area contributed by atoms with Gasteiger partial charge < -0.3 is 33.9 Å². The lowest BCUT2D eigenvalue weighted by Crippen LogP contribution is -2.59. The Morgan fingerprint density at radius 1 is 0.980 bits per heavy atom. The molecule has 3 unspecified atom stereocenters. The molecular weight excluding hydrogens is 626 g/mol. The maximum atomic E-state index is 13.4. The van der Waals surface area contributed by atoms with E-state index in [1.54, 1.807) is 41.6 Å². The van der Waals surface area contributed by atoms with Crippen LogP contribution in [0.25, 0.3) is 5.57 Å². The molecule has 0 radical (unpaired) electrons. The van der Waals surface area contributed by atoms with Gasteiger partial charge in [0, 0.05) is 18.3 Å². The molecule has 3 atom stereocenters. The zero-order valence-corrected chi connectivity index (χ0v) is 28.3. The third kappa shape index (κ3) is 10.8. The number of piperidine rings is 1. The highest BCUT2D eigenvalue weighted by Crippen LogP contribution is 2.34. The predicted octanol–water partition coefficient (Wildman–Crippen LogP) is 6.71. The molecule has 11 nitrogen and oxygen atoms in total. The summed E-state index contributed by atoms with van der Waals surface area (Å²) in [5, 5.41) is 2.98. The molecule has 2 amide bonds. The van der Waals surface area contributed by atoms with E-state index < -0.39 is 29.8 Å². The van der Waals surface area contributed by atoms with Crippen LogP contribution >= 0.6 is 0 Å². The molecule has 11 heteroatoms. The second-order valence-corrected chi connectivity index (χ2v) is 13.1. The Morgan fingerprint density at radius 3 is 2.45 bits per heavy atom. The molecule has 49 heavy (non-hydrogen) atoms. The predicted molar refractivity (Wildman–Crippen MR) is 183 cm³/mol. The standard InChI is InChI=1S/C38H45N3O8/c1-38(2,3)49-36(43)40-32-15-10-22-41(37(44)47-24-27-11-6-4-7-12-27)33(32)25-45-29-18-16-28(17-19-29)31-20-21-39-23-34(31)46-26-35(42)48-30-13-8-5-9-14-30/h4-9,11-14,16,20-21,23,29,32-33H,10,15,17-19,22,24-26H2,1-3H3,(H,40,43). The lowest BCUT2D eigenvalue weighted by molar-refractivity contribution is -0.136. The van der Waals surface area contributed by atoms with E-state index in [4.69, 9.17) is 23.7 Å². The summed E-state index contributed by atoms with van der Waals surface area (Å²) in [5.41, 5.74) is 2.17. The number of pyridine rings is 1. The number of nitrogens with one attached hydrogen (secondary N) is 1. The summed E-state index contributed by atoms with van der Waals surface area (Å²) < 4.78 is 28.8. The van der Waals surface area contributed by atoms with Crippen molar-refractivity contribution >= 4 is 23.7 Å². The van der Waals surface area contributed by atoms with Gasteiger partial charge in [0.1, 0.15) is 23.7 Å². The maximum absolute atomic E-state index is 13.4. The van der Waals surface area contributed by atoms with Crippen molar-refractivity contribution in [1.82, 2.24) is 15.2 Å². The van der Waals surface area contributed by atoms with Gasteiger partial charge in [0.15, 0.2) is 6.61 Å². The van der Waals surface area contributed by atoms with Crippen LogP contribution in [0.15, 0.2) is 85.2 Å². The Bertz CT molecular complexity index is 1570. The monoisotopic (exact) mass is 671 g/mol. The fourth-order valence-electron chi connectivity index (χ4n) is 5.91. The largest absolute Gasteiger partial charge is 0.480 e. The van der Waals surface area contributed by atoms with Gasteiger partial charge in [-0.25, -0.2) is 14.4 Å². The average Bonchev–Trinajstić information content (AvgIpc) is 3.09. The molecule has 0 bridgehead atoms. The zero-order valence-electron chi connectivity index (χ0n) is 28.3. The number of hydrogen-bond donors (Lipinski definition) is 1. The van der Waals surface area contributed by atoms with Crippen LogP contribution in [0, 0.1) is 0 Å². The number of nitrogens with zero attached hydrogens (tertiary/aromatic N) is 2. The Hall–Kier alpha value is -4.90. The summed E-state index contributed by atoms with van der Waals surface area (Å²) >= 11 is 0. The van der Waals surface area contributed by atoms with Crippen molar-refractivity contribution in [3.05, 3.63) is 96.3 Å². The fraction of sp³-hybridized carbons (Fsp3) is 0.421. The molecule has 5 rings (SSSR count). The quantitative estimate of drug-likeness (QED) is 0.175. The SMILES string of the molecule is CC(C)(C)OC(=O)NC1CCCN(C(=O)OCc2ccccc2)C1COC1CC=C(c2ccncc2OCC(=O)Oc2ccccc2)CC1. The average molecular weight is 672 g/mol. The van der Waals surface area contributed by atoms with Crippen molar-refractivity contribution in [2.24, 2.45) is 0 Å². The third-order valence-corrected chi connectivity index (χ3v) is 8.24. The van der Waals surface area contributed by atoms with Crippen molar-refractivity contribution in [3.8, 4) is 11.5 Å². The number of amides is 2. The van der Waals surface area contributed by atoms with E-state index in [1.807, 2.05) is 63.2 Å². The minimum Gasteiger partial charge on any atom is -0.480 e. The molecule has 0 saturated carbocycles. The number of allylic oxidation sites excluding steroid dienone is 1. The van der Waals surface area contributed by atoms with Crippen LogP contribution in [0.2, 0.25) is 0 Å². The number of hydrogen-bond acceptors (Lipinski definition) is 9. The van der Waals surface area contributed by atoms with Gasteiger partial charge in [-0.05, 0) is 82.2 Å². The molecule has 1 aromatic heterocycles. The van der Waals surface area contributed by atoms with Crippen molar-refractivity contribution < 1.29 is 38.1 Å². The molecule has 2 heterocycles. The summed E-state index contributed by atoms with van der Waals surface area (Å²) in [6.07, 6.45) is 7.80. The van der Waals surface area contributed by atoms with Gasteiger partial charge in [0.25, 0.3) is 0 Å². The molecule has 1 aliphatic carbocycles. The Balaban J connectivity index is 1.20. The van der Waals surface area contributed by atoms with Crippen molar-refractivity contribution in [2.45, 2.75) is 83.3 Å². The van der Waals surface area contributed by atoms with Gasteiger partial charge in [-0.2, -0.15) is 0 Å². The molecule has 1 aliphatic heterocycles. The minimum absolute atomic E-state index is 0.0953. The molecule has 2 aromatic carbocycles. The minimum atomic E-state index is -0.656. The highest BCUT2D eigenvalue weighted by Gasteiger charge is 2.38. The lowest BCUT2D eigenvalue weighted by Gasteiger charge is -2.41. The Morgan fingerprint density at radius 2 is 1.73 bits per heavy atom. The smallest absolute Gasteiger partial charge is 0.410 e. The van der Waals surface area contributed by atoms with E-state index in [-0.39, 0.29) is 32.0 Å². The number of carbonyl (C=O) groups excluding carboxylic acids is 3. The Labute approximate surface area is 287 Å². The summed E-state index contributed by atoms with van der Waals surface area (Å²) in [6.45, 7) is 6.05. The molecule has 0 spiro atoms. The first kappa shape index (κ1) is 35.4. The van der Waals surface area contributed by atoms with E-state index in [0.717, 1.165) is 23.1 Å². The summed E-state index contributed by atoms with van der Waals surface area (Å²) in [5.74, 6) is 0.448. The van der Waals surface area contributed by atoms with E-state index in [1.165, 1.54) is 0 Å². The number of alkyl carbamates (subject to hydrolysis) is 1. The first-order chi connectivity index (χ1) is 23.6. The molecule has 1 saturated heterocycles. The number of carbonyl (C=O) groups is 3. The number of para-hydroxylation sites is 1. The van der Waals surface area contributed by atoms with Gasteiger partial charge in [0.05, 0.1) is 31.0 Å². The zero-order chi connectivity index (χ0) is 34.6. The second kappa shape index (κ2) is 17.0. The Kier molecular flexibility index (Phi) is 12.3. The molecular formula is C38H45N3O8. The normalized spacial score (nSPS) is 19.3. The molecule has 2 aliphatic rings. The van der Waals surface area contributed by atoms with Gasteiger partial charge in [0.2, 0.25) is 0 Å². The summed E-state index contributed by atoms with van der Waals surface area (Å²) in [4.78, 5) is 44.4. The van der Waals surface area contributed by atoms with Gasteiger partial charge in [-0.3, -0.25) is 4.98 Å². The first-order valence-corrected chi connectivity index (χ1v) is 16.7. The van der Waals surface area contributed by atoms with Gasteiger partial charge in [-0.1, -0.05) is 54.6 Å². The molecule has 1 fully saturated rings. The second-order valence-electron chi connectivity index (χ2n) is 13.1. The highest BCUT2D eigenvalue weighted by atomic mass is 16.6. The first-order valence-electron chi connectivity index (χ1n) is 16.7. The lowest BCUT2D eigenvalue weighted by atomic mass is 9.92. The molecule has 3 aromatic rings. The van der Waals surface area contributed by atoms with E-state index in [2.05, 4.69) is 16.4 Å². The van der Waals surface area contributed by atoms with E-state index >= 15 is 0 Å². The number of aromatic nitrogens is 1. The summed E-state index contributed by atoms with van der Waals surface area (Å²) in [7, 11) is 0. The summed E-state index contributed by atoms with van der Waals surface area (Å²) in [6, 6.07) is 19.4. The number of rotatable bonds is 11. The van der Waals surface area contributed by atoms with Crippen LogP contribution in [-0.4, -0.2) is 71.6 Å². The number of ether oxygens (including phenoxy) is 5. The van der Waals surface area contributed by atoms with Crippen molar-refractivity contribution in [3.63, 3.8) is 0 Å². The van der Waals surface area contributed by atoms with Crippen LogP contribution < -0.4 is 14.8 Å². The topological polar surface area (TPSA) is 126 Å². The van der Waals surface area contributed by atoms with Crippen molar-refractivity contribution in [2.75, 3.05) is 19.8 Å². The molecule has 1 N–H and O–H groups in total. The van der Waals surface area contributed by atoms with Crippen molar-refractivity contribution in [1.29, 1.82) is 0 Å². The van der Waals surface area contributed by atoms with Gasteiger partial charge in [-0.15, -0.1) is 0 Å². The molecule has 260 valence electrons. The van der Waals surface area contributed by atoms with Crippen LogP contribution in [0.3, 0.4) is 0 Å².